The first-order chi connectivity index (χ1) is 9.60. The third kappa shape index (κ3) is 3.43. The number of nitrogens with zero attached hydrogens (tertiary/aromatic N) is 3. The van der Waals surface area contributed by atoms with Gasteiger partial charge in [0, 0.05) is 19.5 Å². The van der Waals surface area contributed by atoms with Crippen LogP contribution in [0.4, 0.5) is 5.82 Å². The van der Waals surface area contributed by atoms with Gasteiger partial charge in [-0.2, -0.15) is 0 Å². The van der Waals surface area contributed by atoms with E-state index in [1.54, 1.807) is 6.20 Å². The lowest BCUT2D eigenvalue weighted by molar-refractivity contribution is -0.119. The van der Waals surface area contributed by atoms with Crippen LogP contribution in [0.2, 0.25) is 0 Å². The zero-order chi connectivity index (χ0) is 14.5. The SMILES string of the molecule is COC(=O)c1cncc(N2CCC(CC(N)=O)CC2)n1. The fraction of sp³-hybridized carbons (Fsp3) is 0.538. The molecule has 7 nitrogen and oxygen atoms in total. The molecule has 0 spiro atoms. The predicted octanol–water partition coefficient (Wildman–Crippen LogP) is 0.355. The zero-order valence-electron chi connectivity index (χ0n) is 11.4. The first-order valence-corrected chi connectivity index (χ1v) is 6.53. The van der Waals surface area contributed by atoms with Gasteiger partial charge in [0.25, 0.3) is 0 Å². The number of anilines is 1. The summed E-state index contributed by atoms with van der Waals surface area (Å²) in [5.41, 5.74) is 5.41. The van der Waals surface area contributed by atoms with Crippen LogP contribution in [0.15, 0.2) is 12.4 Å². The van der Waals surface area contributed by atoms with Gasteiger partial charge in [0.15, 0.2) is 5.69 Å². The van der Waals surface area contributed by atoms with Crippen molar-refractivity contribution in [3.05, 3.63) is 18.1 Å². The van der Waals surface area contributed by atoms with E-state index in [1.165, 1.54) is 13.3 Å². The highest BCUT2D eigenvalue weighted by Gasteiger charge is 2.22. The number of hydrogen-bond acceptors (Lipinski definition) is 6. The first-order valence-electron chi connectivity index (χ1n) is 6.53. The Hall–Kier alpha value is -2.18. The van der Waals surface area contributed by atoms with Gasteiger partial charge in [-0.15, -0.1) is 0 Å². The highest BCUT2D eigenvalue weighted by molar-refractivity contribution is 5.87. The molecule has 2 N–H and O–H groups in total. The molecular formula is C13H18N4O3. The van der Waals surface area contributed by atoms with Crippen molar-refractivity contribution in [3.8, 4) is 0 Å². The number of carbonyl (C=O) groups is 2. The Morgan fingerprint density at radius 1 is 1.40 bits per heavy atom. The van der Waals surface area contributed by atoms with Gasteiger partial charge in [0.05, 0.1) is 19.5 Å². The summed E-state index contributed by atoms with van der Waals surface area (Å²) in [5.74, 6) is 0.241. The number of primary amides is 1. The second-order valence-corrected chi connectivity index (χ2v) is 4.85. The van der Waals surface area contributed by atoms with Gasteiger partial charge >= 0.3 is 5.97 Å². The van der Waals surface area contributed by atoms with Gasteiger partial charge in [-0.3, -0.25) is 9.78 Å². The van der Waals surface area contributed by atoms with Crippen LogP contribution >= 0.6 is 0 Å². The third-order valence-corrected chi connectivity index (χ3v) is 3.44. The summed E-state index contributed by atoms with van der Waals surface area (Å²) in [4.78, 5) is 32.7. The number of ether oxygens (including phenoxy) is 1. The molecule has 0 radical (unpaired) electrons. The molecule has 1 saturated heterocycles. The van der Waals surface area contributed by atoms with E-state index in [4.69, 9.17) is 5.73 Å². The van der Waals surface area contributed by atoms with E-state index in [9.17, 15) is 9.59 Å². The number of piperidine rings is 1. The van der Waals surface area contributed by atoms with Crippen LogP contribution in [-0.4, -0.2) is 42.0 Å². The van der Waals surface area contributed by atoms with Gasteiger partial charge in [0.1, 0.15) is 5.82 Å². The Bertz CT molecular complexity index is 498. The topological polar surface area (TPSA) is 98.4 Å². The lowest BCUT2D eigenvalue weighted by Crippen LogP contribution is -2.35. The molecule has 1 aliphatic heterocycles. The summed E-state index contributed by atoms with van der Waals surface area (Å²) >= 11 is 0. The summed E-state index contributed by atoms with van der Waals surface area (Å²) in [6.45, 7) is 1.55. The number of esters is 1. The minimum absolute atomic E-state index is 0.198. The molecule has 0 unspecified atom stereocenters. The van der Waals surface area contributed by atoms with Gasteiger partial charge < -0.3 is 15.4 Å². The maximum Gasteiger partial charge on any atom is 0.358 e. The molecule has 0 aromatic carbocycles. The van der Waals surface area contributed by atoms with E-state index in [0.29, 0.717) is 18.2 Å². The number of nitrogens with two attached hydrogens (primary N) is 1. The molecule has 2 heterocycles. The number of amides is 1. The normalized spacial score (nSPS) is 15.9. The van der Waals surface area contributed by atoms with Crippen LogP contribution in [0.5, 0.6) is 0 Å². The first kappa shape index (κ1) is 14.2. The Morgan fingerprint density at radius 3 is 2.70 bits per heavy atom. The zero-order valence-corrected chi connectivity index (χ0v) is 11.4. The number of carbonyl (C=O) groups excluding carboxylic acids is 2. The number of methoxy groups -OCH3 is 1. The summed E-state index contributed by atoms with van der Waals surface area (Å²) in [5, 5.41) is 0. The average Bonchev–Trinajstić information content (AvgIpc) is 2.47. The van der Waals surface area contributed by atoms with Gasteiger partial charge in [-0.25, -0.2) is 9.78 Å². The molecule has 7 heteroatoms. The number of rotatable bonds is 4. The lowest BCUT2D eigenvalue weighted by atomic mass is 9.93. The summed E-state index contributed by atoms with van der Waals surface area (Å²) in [6, 6.07) is 0. The standard InChI is InChI=1S/C13H18N4O3/c1-20-13(19)10-7-15-8-12(16-10)17-4-2-9(3-5-17)6-11(14)18/h7-9H,2-6H2,1H3,(H2,14,18). The molecule has 1 fully saturated rings. The van der Waals surface area contributed by atoms with Crippen molar-refractivity contribution in [1.29, 1.82) is 0 Å². The molecule has 1 aromatic rings. The van der Waals surface area contributed by atoms with Crippen LogP contribution in [-0.2, 0) is 9.53 Å². The van der Waals surface area contributed by atoms with Crippen molar-refractivity contribution in [2.45, 2.75) is 19.3 Å². The smallest absolute Gasteiger partial charge is 0.358 e. The fourth-order valence-corrected chi connectivity index (χ4v) is 2.36. The molecule has 1 aromatic heterocycles. The number of aromatic nitrogens is 2. The van der Waals surface area contributed by atoms with Gasteiger partial charge in [0.2, 0.25) is 5.91 Å². The molecule has 1 amide bonds. The summed E-state index contributed by atoms with van der Waals surface area (Å²) < 4.78 is 4.63. The van der Waals surface area contributed by atoms with E-state index in [0.717, 1.165) is 25.9 Å². The third-order valence-electron chi connectivity index (χ3n) is 3.44. The van der Waals surface area contributed by atoms with E-state index in [2.05, 4.69) is 19.6 Å². The quantitative estimate of drug-likeness (QED) is 0.798. The lowest BCUT2D eigenvalue weighted by Gasteiger charge is -2.32. The van der Waals surface area contributed by atoms with Gasteiger partial charge in [-0.05, 0) is 18.8 Å². The Morgan fingerprint density at radius 2 is 2.10 bits per heavy atom. The summed E-state index contributed by atoms with van der Waals surface area (Å²) in [7, 11) is 1.31. The van der Waals surface area contributed by atoms with Crippen LogP contribution in [0.3, 0.4) is 0 Å². The molecule has 0 bridgehead atoms. The van der Waals surface area contributed by atoms with Crippen molar-refractivity contribution < 1.29 is 14.3 Å². The molecule has 1 aliphatic rings. The second kappa shape index (κ2) is 6.31. The maximum atomic E-state index is 11.4. The van der Waals surface area contributed by atoms with E-state index in [-0.39, 0.29) is 11.6 Å². The maximum absolute atomic E-state index is 11.4. The molecule has 2 rings (SSSR count). The molecular weight excluding hydrogens is 260 g/mol. The average molecular weight is 278 g/mol. The minimum atomic E-state index is -0.497. The molecule has 20 heavy (non-hydrogen) atoms. The van der Waals surface area contributed by atoms with Crippen molar-refractivity contribution in [2.75, 3.05) is 25.1 Å². The molecule has 108 valence electrons. The second-order valence-electron chi connectivity index (χ2n) is 4.85. The Balaban J connectivity index is 2.00. The Labute approximate surface area is 117 Å². The largest absolute Gasteiger partial charge is 0.464 e. The van der Waals surface area contributed by atoms with Crippen LogP contribution in [0.25, 0.3) is 0 Å². The molecule has 0 aliphatic carbocycles. The molecule has 0 saturated carbocycles. The van der Waals surface area contributed by atoms with E-state index >= 15 is 0 Å². The van der Waals surface area contributed by atoms with Crippen LogP contribution < -0.4 is 10.6 Å². The van der Waals surface area contributed by atoms with E-state index in [1.807, 2.05) is 0 Å². The Kier molecular flexibility index (Phi) is 4.49. The highest BCUT2D eigenvalue weighted by atomic mass is 16.5. The minimum Gasteiger partial charge on any atom is -0.464 e. The van der Waals surface area contributed by atoms with Gasteiger partial charge in [-0.1, -0.05) is 0 Å². The summed E-state index contributed by atoms with van der Waals surface area (Å²) in [6.07, 6.45) is 5.21. The van der Waals surface area contributed by atoms with E-state index < -0.39 is 5.97 Å². The molecule has 0 atom stereocenters. The van der Waals surface area contributed by atoms with Crippen LogP contribution in [0, 0.1) is 5.92 Å². The number of hydrogen-bond donors (Lipinski definition) is 1. The van der Waals surface area contributed by atoms with Crippen molar-refractivity contribution >= 4 is 17.7 Å². The van der Waals surface area contributed by atoms with Crippen LogP contribution in [0.1, 0.15) is 29.8 Å². The highest BCUT2D eigenvalue weighted by Crippen LogP contribution is 2.23. The van der Waals surface area contributed by atoms with Crippen molar-refractivity contribution in [3.63, 3.8) is 0 Å². The monoisotopic (exact) mass is 278 g/mol. The van der Waals surface area contributed by atoms with Crippen molar-refractivity contribution in [1.82, 2.24) is 9.97 Å². The predicted molar refractivity (Wildman–Crippen MR) is 72.1 cm³/mol. The fourth-order valence-electron chi connectivity index (χ4n) is 2.36. The van der Waals surface area contributed by atoms with Crippen molar-refractivity contribution in [2.24, 2.45) is 11.7 Å².